The van der Waals surface area contributed by atoms with Gasteiger partial charge in [-0.15, -0.1) is 0 Å². The molecule has 0 bridgehead atoms. The molecule has 0 unspecified atom stereocenters. The van der Waals surface area contributed by atoms with E-state index in [-0.39, 0.29) is 11.8 Å². The fraction of sp³-hybridized carbons (Fsp3) is 0.263. The van der Waals surface area contributed by atoms with Crippen molar-refractivity contribution in [2.75, 3.05) is 5.32 Å². The molecule has 2 aromatic heterocycles. The number of benzene rings is 1. The highest BCUT2D eigenvalue weighted by Gasteiger charge is 2.19. The zero-order chi connectivity index (χ0) is 17.1. The number of hydrogen-bond donors (Lipinski definition) is 2. The second kappa shape index (κ2) is 6.84. The normalized spacial score (nSPS) is 13.6. The quantitative estimate of drug-likeness (QED) is 0.757. The first-order valence-electron chi connectivity index (χ1n) is 8.19. The number of carbonyl (C=O) groups excluding carboxylic acids is 1. The van der Waals surface area contributed by atoms with E-state index >= 15 is 0 Å². The molecule has 0 aliphatic heterocycles. The monoisotopic (exact) mass is 322 g/mol. The van der Waals surface area contributed by atoms with E-state index in [0.29, 0.717) is 0 Å². The van der Waals surface area contributed by atoms with Crippen molar-refractivity contribution in [2.45, 2.75) is 26.3 Å². The number of amides is 1. The number of aromatic nitrogens is 2. The highest BCUT2D eigenvalue weighted by Crippen LogP contribution is 2.21. The van der Waals surface area contributed by atoms with Gasteiger partial charge in [-0.3, -0.25) is 4.79 Å². The van der Waals surface area contributed by atoms with Crippen LogP contribution in [0.15, 0.2) is 54.9 Å². The predicted molar refractivity (Wildman–Crippen MR) is 96.7 cm³/mol. The lowest BCUT2D eigenvalue weighted by atomic mass is 9.99. The van der Waals surface area contributed by atoms with Gasteiger partial charge in [-0.2, -0.15) is 0 Å². The molecule has 1 amide bonds. The Morgan fingerprint density at radius 3 is 2.67 bits per heavy atom. The number of anilines is 1. The number of pyridine rings is 1. The van der Waals surface area contributed by atoms with Crippen molar-refractivity contribution in [1.29, 1.82) is 0 Å². The average molecular weight is 322 g/mol. The number of nitrogens with one attached hydrogen (secondary N) is 1. The maximum absolute atomic E-state index is 12.1. The molecule has 0 saturated carbocycles. The van der Waals surface area contributed by atoms with Crippen LogP contribution in [-0.4, -0.2) is 21.3 Å². The summed E-state index contributed by atoms with van der Waals surface area (Å²) in [7, 11) is 0. The minimum atomic E-state index is -0.492. The molecular weight excluding hydrogens is 300 g/mol. The van der Waals surface area contributed by atoms with Crippen molar-refractivity contribution >= 4 is 17.2 Å². The van der Waals surface area contributed by atoms with Gasteiger partial charge >= 0.3 is 0 Å². The summed E-state index contributed by atoms with van der Waals surface area (Å²) in [5, 5.41) is 2.87. The fourth-order valence-corrected chi connectivity index (χ4v) is 2.54. The molecule has 0 aliphatic rings. The number of fused-ring (bicyclic) bond motifs is 1. The molecule has 3 aromatic rings. The van der Waals surface area contributed by atoms with E-state index in [2.05, 4.69) is 10.3 Å². The highest BCUT2D eigenvalue weighted by atomic mass is 16.2. The zero-order valence-electron chi connectivity index (χ0n) is 13.9. The van der Waals surface area contributed by atoms with Crippen LogP contribution in [0.1, 0.15) is 20.3 Å². The summed E-state index contributed by atoms with van der Waals surface area (Å²) in [6, 6.07) is 13.1. The van der Waals surface area contributed by atoms with Crippen molar-refractivity contribution in [3.05, 3.63) is 54.9 Å². The van der Waals surface area contributed by atoms with Gasteiger partial charge in [-0.25, -0.2) is 4.98 Å². The van der Waals surface area contributed by atoms with E-state index in [4.69, 9.17) is 5.73 Å². The molecule has 2 heterocycles. The van der Waals surface area contributed by atoms with Crippen LogP contribution in [0, 0.1) is 5.92 Å². The van der Waals surface area contributed by atoms with E-state index in [0.717, 1.165) is 29.0 Å². The standard InChI is InChI=1S/C19H22N4O/c1-3-13(2)18(20)19(24)21-15-9-7-14(8-10-15)16-12-23-11-5-4-6-17(23)22-16/h4-13,18H,3,20H2,1-2H3,(H,21,24)/t13-,18-/m0/s1. The highest BCUT2D eigenvalue weighted by molar-refractivity contribution is 5.95. The summed E-state index contributed by atoms with van der Waals surface area (Å²) >= 11 is 0. The smallest absolute Gasteiger partial charge is 0.241 e. The first-order chi connectivity index (χ1) is 11.6. The summed E-state index contributed by atoms with van der Waals surface area (Å²) in [5.74, 6) is 0.00655. The minimum Gasteiger partial charge on any atom is -0.325 e. The molecule has 3 rings (SSSR count). The van der Waals surface area contributed by atoms with Crippen LogP contribution in [-0.2, 0) is 4.79 Å². The van der Waals surface area contributed by atoms with Crippen molar-refractivity contribution in [3.63, 3.8) is 0 Å². The molecular formula is C19H22N4O. The Hall–Kier alpha value is -2.66. The van der Waals surface area contributed by atoms with E-state index in [9.17, 15) is 4.79 Å². The topological polar surface area (TPSA) is 72.4 Å². The molecule has 0 aliphatic carbocycles. The Morgan fingerprint density at radius 1 is 1.25 bits per heavy atom. The summed E-state index contributed by atoms with van der Waals surface area (Å²) in [6.45, 7) is 4.01. The Kier molecular flexibility index (Phi) is 4.62. The van der Waals surface area contributed by atoms with Crippen LogP contribution in [0.2, 0.25) is 0 Å². The van der Waals surface area contributed by atoms with Crippen LogP contribution >= 0.6 is 0 Å². The van der Waals surface area contributed by atoms with Gasteiger partial charge in [0.05, 0.1) is 11.7 Å². The van der Waals surface area contributed by atoms with E-state index < -0.39 is 6.04 Å². The summed E-state index contributed by atoms with van der Waals surface area (Å²) in [4.78, 5) is 16.7. The Morgan fingerprint density at radius 2 is 2.00 bits per heavy atom. The molecule has 3 N–H and O–H groups in total. The third-order valence-corrected chi connectivity index (χ3v) is 4.37. The maximum Gasteiger partial charge on any atom is 0.241 e. The van der Waals surface area contributed by atoms with Crippen LogP contribution in [0.3, 0.4) is 0 Å². The Balaban J connectivity index is 1.74. The Labute approximate surface area is 141 Å². The number of imidazole rings is 1. The van der Waals surface area contributed by atoms with Crippen LogP contribution in [0.25, 0.3) is 16.9 Å². The van der Waals surface area contributed by atoms with E-state index in [1.807, 2.05) is 73.1 Å². The lowest BCUT2D eigenvalue weighted by molar-refractivity contribution is -0.118. The first kappa shape index (κ1) is 16.2. The Bertz CT molecular complexity index is 805. The molecule has 2 atom stereocenters. The van der Waals surface area contributed by atoms with Gasteiger partial charge in [0.25, 0.3) is 0 Å². The first-order valence-corrected chi connectivity index (χ1v) is 8.19. The molecule has 5 heteroatoms. The molecule has 5 nitrogen and oxygen atoms in total. The van der Waals surface area contributed by atoms with Gasteiger partial charge in [0, 0.05) is 23.6 Å². The molecule has 1 aromatic carbocycles. The SMILES string of the molecule is CC[C@H](C)[C@H](N)C(=O)Nc1ccc(-c2cn3ccccc3n2)cc1. The lowest BCUT2D eigenvalue weighted by Crippen LogP contribution is -2.40. The summed E-state index contributed by atoms with van der Waals surface area (Å²) in [6.07, 6.45) is 4.83. The second-order valence-corrected chi connectivity index (χ2v) is 6.07. The number of nitrogens with zero attached hydrogens (tertiary/aromatic N) is 2. The van der Waals surface area contributed by atoms with Gasteiger partial charge < -0.3 is 15.5 Å². The molecule has 24 heavy (non-hydrogen) atoms. The average Bonchev–Trinajstić information content (AvgIpc) is 3.05. The van der Waals surface area contributed by atoms with Gasteiger partial charge in [-0.05, 0) is 30.2 Å². The number of rotatable bonds is 5. The lowest BCUT2D eigenvalue weighted by Gasteiger charge is -2.17. The van der Waals surface area contributed by atoms with Crippen molar-refractivity contribution in [1.82, 2.24) is 9.38 Å². The minimum absolute atomic E-state index is 0.148. The summed E-state index contributed by atoms with van der Waals surface area (Å²) < 4.78 is 1.98. The van der Waals surface area contributed by atoms with Gasteiger partial charge in [0.1, 0.15) is 5.65 Å². The number of hydrogen-bond acceptors (Lipinski definition) is 3. The number of nitrogens with two attached hydrogens (primary N) is 1. The van der Waals surface area contributed by atoms with Crippen LogP contribution in [0.5, 0.6) is 0 Å². The molecule has 0 spiro atoms. The molecule has 0 saturated heterocycles. The van der Waals surface area contributed by atoms with Gasteiger partial charge in [0.2, 0.25) is 5.91 Å². The van der Waals surface area contributed by atoms with Crippen molar-refractivity contribution in [3.8, 4) is 11.3 Å². The van der Waals surface area contributed by atoms with Crippen LogP contribution < -0.4 is 11.1 Å². The van der Waals surface area contributed by atoms with Gasteiger partial charge in [-0.1, -0.05) is 38.5 Å². The third-order valence-electron chi connectivity index (χ3n) is 4.37. The maximum atomic E-state index is 12.1. The van der Waals surface area contributed by atoms with Crippen molar-refractivity contribution in [2.24, 2.45) is 11.7 Å². The van der Waals surface area contributed by atoms with Crippen molar-refractivity contribution < 1.29 is 4.79 Å². The molecule has 124 valence electrons. The fourth-order valence-electron chi connectivity index (χ4n) is 2.54. The van der Waals surface area contributed by atoms with Gasteiger partial charge in [0.15, 0.2) is 0 Å². The zero-order valence-corrected chi connectivity index (χ0v) is 13.9. The second-order valence-electron chi connectivity index (χ2n) is 6.07. The third kappa shape index (κ3) is 3.31. The molecule has 0 fully saturated rings. The molecule has 0 radical (unpaired) electrons. The largest absolute Gasteiger partial charge is 0.325 e. The van der Waals surface area contributed by atoms with Crippen LogP contribution in [0.4, 0.5) is 5.69 Å². The number of carbonyl (C=O) groups is 1. The van der Waals surface area contributed by atoms with E-state index in [1.165, 1.54) is 0 Å². The van der Waals surface area contributed by atoms with E-state index in [1.54, 1.807) is 0 Å². The summed E-state index contributed by atoms with van der Waals surface area (Å²) in [5.41, 5.74) is 9.51. The predicted octanol–water partition coefficient (Wildman–Crippen LogP) is 3.31.